The lowest BCUT2D eigenvalue weighted by Gasteiger charge is -2.15. The predicted molar refractivity (Wildman–Crippen MR) is 61.3 cm³/mol. The van der Waals surface area contributed by atoms with Crippen LogP contribution in [0.15, 0.2) is 0 Å². The topological polar surface area (TPSA) is 21.3 Å². The Labute approximate surface area is 88.4 Å². The molecule has 0 bridgehead atoms. The first kappa shape index (κ1) is 13.5. The van der Waals surface area contributed by atoms with Crippen LogP contribution in [0.5, 0.6) is 0 Å². The molecule has 82 valence electrons. The van der Waals surface area contributed by atoms with Gasteiger partial charge in [0.2, 0.25) is 0 Å². The van der Waals surface area contributed by atoms with Gasteiger partial charge >= 0.3 is 0 Å². The van der Waals surface area contributed by atoms with Crippen LogP contribution < -0.4 is 5.32 Å². The highest BCUT2D eigenvalue weighted by atomic mass is 16.5. The van der Waals surface area contributed by atoms with Gasteiger partial charge in [-0.3, -0.25) is 0 Å². The molecule has 0 spiro atoms. The highest BCUT2D eigenvalue weighted by molar-refractivity contribution is 4.89. The lowest BCUT2D eigenvalue weighted by atomic mass is 10.1. The van der Waals surface area contributed by atoms with Crippen LogP contribution in [-0.2, 0) is 4.74 Å². The fraction of sp³-hybridized carbons (Fsp3) is 0.833. The van der Waals surface area contributed by atoms with Crippen molar-refractivity contribution in [2.75, 3.05) is 19.8 Å². The molecule has 0 amide bonds. The molecule has 2 nitrogen and oxygen atoms in total. The SMILES string of the molecule is C#CCC(CCOCCC)NCCC. The van der Waals surface area contributed by atoms with Crippen LogP contribution >= 0.6 is 0 Å². The summed E-state index contributed by atoms with van der Waals surface area (Å²) < 4.78 is 5.43. The van der Waals surface area contributed by atoms with E-state index in [0.717, 1.165) is 45.4 Å². The molecule has 1 unspecified atom stereocenters. The van der Waals surface area contributed by atoms with E-state index in [-0.39, 0.29) is 0 Å². The maximum Gasteiger partial charge on any atom is 0.0481 e. The molecule has 0 radical (unpaired) electrons. The first-order valence-corrected chi connectivity index (χ1v) is 5.59. The monoisotopic (exact) mass is 197 g/mol. The van der Waals surface area contributed by atoms with Crippen LogP contribution in [0, 0.1) is 12.3 Å². The molecule has 0 saturated carbocycles. The minimum absolute atomic E-state index is 0.428. The summed E-state index contributed by atoms with van der Waals surface area (Å²) in [5, 5.41) is 3.42. The highest BCUT2D eigenvalue weighted by Crippen LogP contribution is 1.98. The average molecular weight is 197 g/mol. The Kier molecular flexibility index (Phi) is 10.2. The van der Waals surface area contributed by atoms with Gasteiger partial charge in [-0.1, -0.05) is 13.8 Å². The minimum Gasteiger partial charge on any atom is -0.381 e. The van der Waals surface area contributed by atoms with Gasteiger partial charge < -0.3 is 10.1 Å². The largest absolute Gasteiger partial charge is 0.381 e. The smallest absolute Gasteiger partial charge is 0.0481 e. The first-order valence-electron chi connectivity index (χ1n) is 5.59. The second-order valence-electron chi connectivity index (χ2n) is 3.46. The zero-order valence-electron chi connectivity index (χ0n) is 9.51. The zero-order valence-corrected chi connectivity index (χ0v) is 9.51. The Morgan fingerprint density at radius 2 is 2.07 bits per heavy atom. The van der Waals surface area contributed by atoms with Crippen LogP contribution in [0.3, 0.4) is 0 Å². The maximum absolute atomic E-state index is 5.43. The van der Waals surface area contributed by atoms with Crippen molar-refractivity contribution >= 4 is 0 Å². The zero-order chi connectivity index (χ0) is 10.6. The average Bonchev–Trinajstić information content (AvgIpc) is 2.20. The molecule has 0 fully saturated rings. The molecular weight excluding hydrogens is 174 g/mol. The molecule has 2 heteroatoms. The number of rotatable bonds is 9. The van der Waals surface area contributed by atoms with Gasteiger partial charge in [-0.25, -0.2) is 0 Å². The van der Waals surface area contributed by atoms with E-state index in [9.17, 15) is 0 Å². The number of ether oxygens (including phenoxy) is 1. The molecule has 0 aromatic carbocycles. The standard InChI is InChI=1S/C12H23NO/c1-4-7-12(13-9-5-2)8-11-14-10-6-3/h1,12-13H,5-11H2,2-3H3. The minimum atomic E-state index is 0.428. The van der Waals surface area contributed by atoms with Crippen LogP contribution in [-0.4, -0.2) is 25.8 Å². The van der Waals surface area contributed by atoms with E-state index in [0.29, 0.717) is 6.04 Å². The maximum atomic E-state index is 5.43. The number of terminal acetylenes is 1. The van der Waals surface area contributed by atoms with Crippen molar-refractivity contribution in [1.82, 2.24) is 5.32 Å². The summed E-state index contributed by atoms with van der Waals surface area (Å²) in [7, 11) is 0. The third kappa shape index (κ3) is 8.10. The molecule has 1 N–H and O–H groups in total. The summed E-state index contributed by atoms with van der Waals surface area (Å²) in [6, 6.07) is 0.428. The van der Waals surface area contributed by atoms with Gasteiger partial charge in [0.15, 0.2) is 0 Å². The molecule has 0 aliphatic rings. The summed E-state index contributed by atoms with van der Waals surface area (Å²) in [5.74, 6) is 2.70. The number of nitrogens with one attached hydrogen (secondary N) is 1. The molecule has 0 aromatic heterocycles. The van der Waals surface area contributed by atoms with Crippen molar-refractivity contribution in [2.24, 2.45) is 0 Å². The van der Waals surface area contributed by atoms with Gasteiger partial charge in [-0.15, -0.1) is 12.3 Å². The fourth-order valence-electron chi connectivity index (χ4n) is 1.24. The van der Waals surface area contributed by atoms with Crippen molar-refractivity contribution in [3.05, 3.63) is 0 Å². The Morgan fingerprint density at radius 1 is 1.29 bits per heavy atom. The van der Waals surface area contributed by atoms with E-state index >= 15 is 0 Å². The Hall–Kier alpha value is -0.520. The Balaban J connectivity index is 3.47. The van der Waals surface area contributed by atoms with Gasteiger partial charge in [0.25, 0.3) is 0 Å². The quantitative estimate of drug-likeness (QED) is 0.452. The van der Waals surface area contributed by atoms with E-state index in [1.54, 1.807) is 0 Å². The summed E-state index contributed by atoms with van der Waals surface area (Å²) >= 11 is 0. The van der Waals surface area contributed by atoms with Gasteiger partial charge in [0.05, 0.1) is 0 Å². The van der Waals surface area contributed by atoms with Crippen LogP contribution in [0.1, 0.15) is 39.5 Å². The van der Waals surface area contributed by atoms with Gasteiger partial charge in [0.1, 0.15) is 0 Å². The van der Waals surface area contributed by atoms with Crippen molar-refractivity contribution in [2.45, 2.75) is 45.6 Å². The molecule has 1 atom stereocenters. The van der Waals surface area contributed by atoms with Crippen LogP contribution in [0.25, 0.3) is 0 Å². The number of hydrogen-bond acceptors (Lipinski definition) is 2. The lowest BCUT2D eigenvalue weighted by molar-refractivity contribution is 0.125. The normalized spacial score (nSPS) is 12.4. The first-order chi connectivity index (χ1) is 6.85. The summed E-state index contributed by atoms with van der Waals surface area (Å²) in [6.07, 6.45) is 9.36. The molecule has 14 heavy (non-hydrogen) atoms. The molecule has 0 heterocycles. The van der Waals surface area contributed by atoms with Crippen molar-refractivity contribution in [3.63, 3.8) is 0 Å². The van der Waals surface area contributed by atoms with E-state index in [4.69, 9.17) is 11.2 Å². The molecule has 0 aliphatic heterocycles. The third-order valence-electron chi connectivity index (χ3n) is 2.01. The van der Waals surface area contributed by atoms with E-state index < -0.39 is 0 Å². The van der Waals surface area contributed by atoms with Crippen LogP contribution in [0.2, 0.25) is 0 Å². The highest BCUT2D eigenvalue weighted by Gasteiger charge is 2.04. The van der Waals surface area contributed by atoms with Crippen molar-refractivity contribution < 1.29 is 4.74 Å². The Morgan fingerprint density at radius 3 is 2.64 bits per heavy atom. The molecular formula is C12H23NO. The second-order valence-corrected chi connectivity index (χ2v) is 3.46. The van der Waals surface area contributed by atoms with Gasteiger partial charge in [0, 0.05) is 25.7 Å². The fourth-order valence-corrected chi connectivity index (χ4v) is 1.24. The van der Waals surface area contributed by atoms with Crippen LogP contribution in [0.4, 0.5) is 0 Å². The van der Waals surface area contributed by atoms with E-state index in [1.807, 2.05) is 0 Å². The third-order valence-corrected chi connectivity index (χ3v) is 2.01. The second kappa shape index (κ2) is 10.6. The lowest BCUT2D eigenvalue weighted by Crippen LogP contribution is -2.30. The molecule has 0 aromatic rings. The van der Waals surface area contributed by atoms with E-state index in [2.05, 4.69) is 25.1 Å². The summed E-state index contributed by atoms with van der Waals surface area (Å²) in [6.45, 7) is 7.00. The van der Waals surface area contributed by atoms with Crippen molar-refractivity contribution in [3.8, 4) is 12.3 Å². The van der Waals surface area contributed by atoms with Gasteiger partial charge in [-0.2, -0.15) is 0 Å². The number of hydrogen-bond donors (Lipinski definition) is 1. The van der Waals surface area contributed by atoms with E-state index in [1.165, 1.54) is 0 Å². The Bertz CT molecular complexity index is 151. The van der Waals surface area contributed by atoms with Gasteiger partial charge in [-0.05, 0) is 25.8 Å². The predicted octanol–water partition coefficient (Wildman–Crippen LogP) is 2.19. The van der Waals surface area contributed by atoms with Crippen molar-refractivity contribution in [1.29, 1.82) is 0 Å². The summed E-state index contributed by atoms with van der Waals surface area (Å²) in [5.41, 5.74) is 0. The molecule has 0 aliphatic carbocycles. The molecule has 0 rings (SSSR count). The molecule has 0 saturated heterocycles. The summed E-state index contributed by atoms with van der Waals surface area (Å²) in [4.78, 5) is 0.